The summed E-state index contributed by atoms with van der Waals surface area (Å²) < 4.78 is 45.5. The summed E-state index contributed by atoms with van der Waals surface area (Å²) >= 11 is 5.88. The number of hydrogen-bond acceptors (Lipinski definition) is 10. The molecule has 1 aliphatic rings. The van der Waals surface area contributed by atoms with Gasteiger partial charge < -0.3 is 19.5 Å². The fourth-order valence-electron chi connectivity index (χ4n) is 4.23. The number of carbonyl (C=O) groups excluding carboxylic acids is 1. The molecule has 37 heavy (non-hydrogen) atoms. The molecule has 0 saturated carbocycles. The van der Waals surface area contributed by atoms with Crippen LogP contribution in [0.5, 0.6) is 11.5 Å². The fourth-order valence-corrected chi connectivity index (χ4v) is 5.75. The van der Waals surface area contributed by atoms with Gasteiger partial charge in [-0.3, -0.25) is 9.36 Å². The lowest BCUT2D eigenvalue weighted by Crippen LogP contribution is -2.30. The van der Waals surface area contributed by atoms with E-state index in [1.165, 1.54) is 40.6 Å². The van der Waals surface area contributed by atoms with Gasteiger partial charge in [0.25, 0.3) is 0 Å². The van der Waals surface area contributed by atoms with Gasteiger partial charge in [0.15, 0.2) is 27.3 Å². The minimum atomic E-state index is -3.90. The Morgan fingerprint density at radius 1 is 1.14 bits per heavy atom. The molecule has 3 atom stereocenters. The Balaban J connectivity index is 1.79. The first-order valence-corrected chi connectivity index (χ1v) is 13.5. The molecule has 3 heterocycles. The summed E-state index contributed by atoms with van der Waals surface area (Å²) in [5.41, 5.74) is 0.427. The standard InChI is InChI=1S/C23H27ClN6O6S/c1-13(21(36-4)22-25-10-14(24)11-26-22)37(32,33)12-18-28-29-23(15-8-9-19(31)27-15)30(18)20-16(34-2)6-5-7-17(20)35-3/h5-7,10-11,13,15,21H,8-9,12H2,1-4H3,(H,27,31)/t13-,15?,21-/m0/s1. The smallest absolute Gasteiger partial charge is 0.220 e. The summed E-state index contributed by atoms with van der Waals surface area (Å²) in [5.74, 6) is 0.900. The number of carbonyl (C=O) groups is 1. The van der Waals surface area contributed by atoms with Gasteiger partial charge in [0.05, 0.1) is 30.5 Å². The summed E-state index contributed by atoms with van der Waals surface area (Å²) in [5, 5.41) is 10.7. The van der Waals surface area contributed by atoms with Crippen LogP contribution in [0.4, 0.5) is 0 Å². The van der Waals surface area contributed by atoms with Crippen LogP contribution in [0.1, 0.15) is 49.4 Å². The Kier molecular flexibility index (Phi) is 7.95. The average molecular weight is 551 g/mol. The van der Waals surface area contributed by atoms with Gasteiger partial charge in [0.1, 0.15) is 29.0 Å². The molecule has 198 valence electrons. The van der Waals surface area contributed by atoms with Crippen LogP contribution in [0.3, 0.4) is 0 Å². The van der Waals surface area contributed by atoms with Crippen LogP contribution in [0.2, 0.25) is 5.02 Å². The van der Waals surface area contributed by atoms with Crippen molar-refractivity contribution in [1.82, 2.24) is 30.0 Å². The zero-order valence-corrected chi connectivity index (χ0v) is 22.3. The summed E-state index contributed by atoms with van der Waals surface area (Å²) in [6, 6.07) is 4.72. The van der Waals surface area contributed by atoms with Crippen molar-refractivity contribution in [3.8, 4) is 17.2 Å². The minimum absolute atomic E-state index is 0.123. The highest BCUT2D eigenvalue weighted by atomic mass is 35.5. The number of hydrogen-bond donors (Lipinski definition) is 1. The van der Waals surface area contributed by atoms with Crippen LogP contribution in [-0.2, 0) is 25.1 Å². The minimum Gasteiger partial charge on any atom is -0.494 e. The van der Waals surface area contributed by atoms with Crippen LogP contribution in [0.25, 0.3) is 5.69 Å². The predicted molar refractivity (Wildman–Crippen MR) is 133 cm³/mol. The van der Waals surface area contributed by atoms with Crippen molar-refractivity contribution in [2.75, 3.05) is 21.3 Å². The van der Waals surface area contributed by atoms with Crippen molar-refractivity contribution >= 4 is 27.3 Å². The topological polar surface area (TPSA) is 147 Å². The Morgan fingerprint density at radius 3 is 2.32 bits per heavy atom. The van der Waals surface area contributed by atoms with Gasteiger partial charge in [-0.15, -0.1) is 10.2 Å². The molecule has 2 aromatic heterocycles. The first-order chi connectivity index (χ1) is 17.7. The van der Waals surface area contributed by atoms with Gasteiger partial charge in [-0.05, 0) is 25.5 Å². The second-order valence-corrected chi connectivity index (χ2v) is 11.2. The van der Waals surface area contributed by atoms with E-state index >= 15 is 0 Å². The summed E-state index contributed by atoms with van der Waals surface area (Å²) in [7, 11) is 0.470. The lowest BCUT2D eigenvalue weighted by molar-refractivity contribution is -0.119. The molecule has 1 aliphatic heterocycles. The van der Waals surface area contributed by atoms with E-state index in [0.29, 0.717) is 40.9 Å². The number of rotatable bonds is 10. The van der Waals surface area contributed by atoms with Gasteiger partial charge >= 0.3 is 0 Å². The number of ether oxygens (including phenoxy) is 3. The molecule has 1 aromatic carbocycles. The molecule has 0 bridgehead atoms. The third-order valence-electron chi connectivity index (χ3n) is 6.16. The van der Waals surface area contributed by atoms with Crippen molar-refractivity contribution in [3.63, 3.8) is 0 Å². The number of halogens is 1. The molecule has 1 fully saturated rings. The maximum atomic E-state index is 13.6. The van der Waals surface area contributed by atoms with Gasteiger partial charge in [0, 0.05) is 25.9 Å². The molecule has 3 aromatic rings. The lowest BCUT2D eigenvalue weighted by Gasteiger charge is -2.22. The molecule has 0 radical (unpaired) electrons. The molecular formula is C23H27ClN6O6S. The maximum absolute atomic E-state index is 13.6. The normalized spacial score (nSPS) is 17.3. The lowest BCUT2D eigenvalue weighted by atomic mass is 10.2. The zero-order valence-electron chi connectivity index (χ0n) is 20.7. The number of aromatic nitrogens is 5. The molecule has 1 amide bonds. The van der Waals surface area contributed by atoms with Gasteiger partial charge in [-0.1, -0.05) is 17.7 Å². The van der Waals surface area contributed by atoms with E-state index in [1.807, 2.05) is 0 Å². The Labute approximate surface area is 219 Å². The fraction of sp³-hybridized carbons (Fsp3) is 0.435. The van der Waals surface area contributed by atoms with Crippen LogP contribution < -0.4 is 14.8 Å². The van der Waals surface area contributed by atoms with E-state index < -0.39 is 33.0 Å². The number of sulfone groups is 1. The molecular weight excluding hydrogens is 524 g/mol. The molecule has 4 rings (SSSR count). The second-order valence-electron chi connectivity index (χ2n) is 8.41. The third-order valence-corrected chi connectivity index (χ3v) is 8.40. The van der Waals surface area contributed by atoms with Crippen molar-refractivity contribution in [1.29, 1.82) is 0 Å². The Hall–Kier alpha value is -3.29. The first kappa shape index (κ1) is 26.8. The van der Waals surface area contributed by atoms with Crippen LogP contribution in [0, 0.1) is 0 Å². The van der Waals surface area contributed by atoms with Crippen molar-refractivity contribution in [3.05, 3.63) is 53.1 Å². The van der Waals surface area contributed by atoms with Gasteiger partial charge in [0.2, 0.25) is 5.91 Å². The van der Waals surface area contributed by atoms with Crippen molar-refractivity contribution in [2.24, 2.45) is 0 Å². The first-order valence-electron chi connectivity index (χ1n) is 11.4. The largest absolute Gasteiger partial charge is 0.494 e. The second kappa shape index (κ2) is 11.0. The van der Waals surface area contributed by atoms with E-state index in [0.717, 1.165) is 0 Å². The summed E-state index contributed by atoms with van der Waals surface area (Å²) in [6.07, 6.45) is 2.61. The molecule has 1 unspecified atom stereocenters. The van der Waals surface area contributed by atoms with E-state index in [-0.39, 0.29) is 17.6 Å². The molecule has 0 spiro atoms. The van der Waals surface area contributed by atoms with Crippen LogP contribution in [-0.4, -0.2) is 65.6 Å². The van der Waals surface area contributed by atoms with E-state index in [1.54, 1.807) is 22.8 Å². The molecule has 12 nitrogen and oxygen atoms in total. The third kappa shape index (κ3) is 5.38. The Bertz CT molecular complexity index is 1360. The predicted octanol–water partition coefficient (Wildman–Crippen LogP) is 2.37. The number of methoxy groups -OCH3 is 3. The molecule has 0 aliphatic carbocycles. The molecule has 1 saturated heterocycles. The molecule has 1 N–H and O–H groups in total. The maximum Gasteiger partial charge on any atom is 0.220 e. The summed E-state index contributed by atoms with van der Waals surface area (Å²) in [6.45, 7) is 1.52. The van der Waals surface area contributed by atoms with Gasteiger partial charge in [-0.25, -0.2) is 18.4 Å². The SMILES string of the molecule is COc1cccc(OC)c1-n1c(CS(=O)(=O)[C@@H](C)[C@H](OC)c2ncc(Cl)cn2)nnc1C1CCC(=O)N1. The highest BCUT2D eigenvalue weighted by molar-refractivity contribution is 7.91. The van der Waals surface area contributed by atoms with Crippen molar-refractivity contribution < 1.29 is 27.4 Å². The van der Waals surface area contributed by atoms with Crippen LogP contribution in [0.15, 0.2) is 30.6 Å². The number of nitrogens with zero attached hydrogens (tertiary/aromatic N) is 5. The highest BCUT2D eigenvalue weighted by Gasteiger charge is 2.36. The summed E-state index contributed by atoms with van der Waals surface area (Å²) in [4.78, 5) is 20.2. The monoisotopic (exact) mass is 550 g/mol. The van der Waals surface area contributed by atoms with Crippen LogP contribution >= 0.6 is 11.6 Å². The molecule has 14 heteroatoms. The average Bonchev–Trinajstić information content (AvgIpc) is 3.50. The Morgan fingerprint density at radius 2 is 1.78 bits per heavy atom. The number of nitrogens with one attached hydrogen (secondary N) is 1. The quantitative estimate of drug-likeness (QED) is 0.399. The number of benzene rings is 1. The highest BCUT2D eigenvalue weighted by Crippen LogP contribution is 2.37. The zero-order chi connectivity index (χ0) is 26.7. The van der Waals surface area contributed by atoms with E-state index in [4.69, 9.17) is 25.8 Å². The number of para-hydroxylation sites is 1. The number of amides is 1. The van der Waals surface area contributed by atoms with Crippen molar-refractivity contribution in [2.45, 2.75) is 42.9 Å². The van der Waals surface area contributed by atoms with E-state index in [2.05, 4.69) is 25.5 Å². The van der Waals surface area contributed by atoms with Gasteiger partial charge in [-0.2, -0.15) is 0 Å². The van der Waals surface area contributed by atoms with E-state index in [9.17, 15) is 13.2 Å².